The van der Waals surface area contributed by atoms with Gasteiger partial charge in [0.15, 0.2) is 0 Å². The smallest absolute Gasteiger partial charge is 0.398 e. The van der Waals surface area contributed by atoms with Crippen LogP contribution >= 0.6 is 0 Å². The summed E-state index contributed by atoms with van der Waals surface area (Å²) in [5.74, 6) is 0. The van der Waals surface area contributed by atoms with E-state index in [1.165, 1.54) is 12.1 Å². The van der Waals surface area contributed by atoms with Crippen molar-refractivity contribution < 1.29 is 18.1 Å². The maximum atomic E-state index is 12.4. The Bertz CT molecular complexity index is 544. The van der Waals surface area contributed by atoms with Gasteiger partial charge < -0.3 is 9.31 Å². The maximum Gasteiger partial charge on any atom is 0.516 e. The van der Waals surface area contributed by atoms with E-state index >= 15 is 0 Å². The van der Waals surface area contributed by atoms with E-state index in [9.17, 15) is 13.6 Å². The Kier molecular flexibility index (Phi) is 3.72. The molecule has 0 aliphatic carbocycles. The molecule has 0 aromatic carbocycles. The number of alkyl halides is 2. The van der Waals surface area contributed by atoms with Crippen molar-refractivity contribution in [2.75, 3.05) is 0 Å². The van der Waals surface area contributed by atoms with Gasteiger partial charge in [-0.05, 0) is 33.8 Å². The number of hydrogen-bond acceptors (Lipinski definition) is 4. The van der Waals surface area contributed by atoms with Gasteiger partial charge in [0.25, 0.3) is 12.0 Å². The Morgan fingerprint density at radius 2 is 1.80 bits per heavy atom. The largest absolute Gasteiger partial charge is 0.516 e. The zero-order valence-corrected chi connectivity index (χ0v) is 11.9. The fraction of sp³-hybridized carbons (Fsp3) is 0.667. The lowest BCUT2D eigenvalue weighted by Crippen LogP contribution is -2.41. The van der Waals surface area contributed by atoms with Gasteiger partial charge in [0.2, 0.25) is 0 Å². The van der Waals surface area contributed by atoms with E-state index in [1.807, 2.05) is 27.7 Å². The lowest BCUT2D eigenvalue weighted by atomic mass is 9.85. The second kappa shape index (κ2) is 4.93. The number of halogens is 2. The summed E-state index contributed by atoms with van der Waals surface area (Å²) in [7, 11) is -0.774. The average molecular weight is 286 g/mol. The van der Waals surface area contributed by atoms with Gasteiger partial charge in [-0.3, -0.25) is 4.79 Å². The molecule has 0 spiro atoms. The molecule has 0 saturated carbocycles. The van der Waals surface area contributed by atoms with E-state index in [-0.39, 0.29) is 0 Å². The van der Waals surface area contributed by atoms with Gasteiger partial charge in [-0.2, -0.15) is 5.10 Å². The van der Waals surface area contributed by atoms with Crippen molar-refractivity contribution in [2.24, 2.45) is 0 Å². The van der Waals surface area contributed by atoms with Crippen molar-refractivity contribution in [3.63, 3.8) is 0 Å². The fourth-order valence-electron chi connectivity index (χ4n) is 1.82. The number of nitrogens with zero attached hydrogens (tertiary/aromatic N) is 2. The van der Waals surface area contributed by atoms with E-state index < -0.39 is 36.8 Å². The lowest BCUT2D eigenvalue weighted by molar-refractivity contribution is 0.00578. The molecule has 0 unspecified atom stereocenters. The third-order valence-corrected chi connectivity index (χ3v) is 3.69. The molecule has 1 saturated heterocycles. The Balaban J connectivity index is 2.29. The summed E-state index contributed by atoms with van der Waals surface area (Å²) in [5, 5.41) is 3.90. The standard InChI is InChI=1S/C12H17BF2N2O3/c1-11(2)12(3,4)20-13(19-11)8-5-6-10(18)17(16-8)7-9(14)15/h5-6,9H,7H2,1-4H3. The third-order valence-electron chi connectivity index (χ3n) is 3.69. The fourth-order valence-corrected chi connectivity index (χ4v) is 1.82. The van der Waals surface area contributed by atoms with E-state index in [1.54, 1.807) is 0 Å². The van der Waals surface area contributed by atoms with Crippen molar-refractivity contribution in [1.29, 1.82) is 0 Å². The molecular weight excluding hydrogens is 269 g/mol. The van der Waals surface area contributed by atoms with Crippen LogP contribution in [0, 0.1) is 0 Å². The Hall–Kier alpha value is -1.28. The zero-order chi connectivity index (χ0) is 15.1. The summed E-state index contributed by atoms with van der Waals surface area (Å²) < 4.78 is 37.0. The molecule has 0 bridgehead atoms. The van der Waals surface area contributed by atoms with Gasteiger partial charge in [0.1, 0.15) is 6.54 Å². The maximum absolute atomic E-state index is 12.4. The molecule has 2 rings (SSSR count). The molecule has 0 amide bonds. The molecule has 1 aliphatic heterocycles. The molecule has 8 heteroatoms. The lowest BCUT2D eigenvalue weighted by Gasteiger charge is -2.32. The monoisotopic (exact) mass is 286 g/mol. The average Bonchev–Trinajstić information content (AvgIpc) is 2.50. The molecule has 0 radical (unpaired) electrons. The van der Waals surface area contributed by atoms with Crippen molar-refractivity contribution in [1.82, 2.24) is 9.78 Å². The number of aromatic nitrogens is 2. The van der Waals surface area contributed by atoms with Crippen molar-refractivity contribution >= 4 is 12.7 Å². The minimum Gasteiger partial charge on any atom is -0.398 e. The van der Waals surface area contributed by atoms with Crippen LogP contribution in [0.2, 0.25) is 0 Å². The first-order chi connectivity index (χ1) is 9.12. The molecule has 110 valence electrons. The van der Waals surface area contributed by atoms with Gasteiger partial charge in [0, 0.05) is 6.07 Å². The van der Waals surface area contributed by atoms with Crippen LogP contribution in [0.1, 0.15) is 27.7 Å². The zero-order valence-electron chi connectivity index (χ0n) is 11.9. The van der Waals surface area contributed by atoms with Crippen LogP contribution in [0.4, 0.5) is 8.78 Å². The molecule has 1 fully saturated rings. The highest BCUT2D eigenvalue weighted by molar-refractivity contribution is 6.61. The predicted octanol–water partition coefficient (Wildman–Crippen LogP) is 0.808. The SMILES string of the molecule is CC1(C)OB(c2ccc(=O)n(CC(F)F)n2)OC1(C)C. The van der Waals surface area contributed by atoms with Gasteiger partial charge >= 0.3 is 7.12 Å². The van der Waals surface area contributed by atoms with Crippen LogP contribution in [0.25, 0.3) is 0 Å². The number of rotatable bonds is 3. The van der Waals surface area contributed by atoms with Gasteiger partial charge in [-0.25, -0.2) is 13.5 Å². The normalized spacial score (nSPS) is 20.6. The summed E-state index contributed by atoms with van der Waals surface area (Å²) in [6.45, 7) is 6.76. The molecule has 0 N–H and O–H groups in total. The highest BCUT2D eigenvalue weighted by atomic mass is 19.3. The first-order valence-electron chi connectivity index (χ1n) is 6.34. The summed E-state index contributed by atoms with van der Waals surface area (Å²) >= 11 is 0. The topological polar surface area (TPSA) is 53.4 Å². The van der Waals surface area contributed by atoms with E-state index in [2.05, 4.69) is 5.10 Å². The molecule has 1 aromatic heterocycles. The van der Waals surface area contributed by atoms with Gasteiger partial charge in [-0.1, -0.05) is 0 Å². The summed E-state index contributed by atoms with van der Waals surface area (Å²) in [5.41, 5.74) is -1.37. The van der Waals surface area contributed by atoms with Gasteiger partial charge in [0.05, 0.1) is 16.8 Å². The Morgan fingerprint density at radius 3 is 2.30 bits per heavy atom. The molecule has 1 aromatic rings. The van der Waals surface area contributed by atoms with Crippen LogP contribution in [0.5, 0.6) is 0 Å². The summed E-state index contributed by atoms with van der Waals surface area (Å²) in [6.07, 6.45) is -2.64. The number of hydrogen-bond donors (Lipinski definition) is 0. The first-order valence-corrected chi connectivity index (χ1v) is 6.34. The molecular formula is C12H17BF2N2O3. The molecule has 5 nitrogen and oxygen atoms in total. The van der Waals surface area contributed by atoms with E-state index in [0.29, 0.717) is 5.59 Å². The van der Waals surface area contributed by atoms with Gasteiger partial charge in [-0.15, -0.1) is 0 Å². The molecule has 2 heterocycles. The molecule has 1 aliphatic rings. The quantitative estimate of drug-likeness (QED) is 0.772. The highest BCUT2D eigenvalue weighted by Crippen LogP contribution is 2.36. The van der Waals surface area contributed by atoms with Crippen LogP contribution in [-0.2, 0) is 15.9 Å². The Labute approximate surface area is 116 Å². The van der Waals surface area contributed by atoms with Crippen molar-refractivity contribution in [2.45, 2.75) is 51.9 Å². The van der Waals surface area contributed by atoms with Crippen molar-refractivity contribution in [3.05, 3.63) is 22.5 Å². The van der Waals surface area contributed by atoms with E-state index in [0.717, 1.165) is 4.68 Å². The second-order valence-corrected chi connectivity index (χ2v) is 5.76. The third kappa shape index (κ3) is 2.76. The highest BCUT2D eigenvalue weighted by Gasteiger charge is 2.52. The molecule has 0 atom stereocenters. The van der Waals surface area contributed by atoms with Crippen molar-refractivity contribution in [3.8, 4) is 0 Å². The van der Waals surface area contributed by atoms with Crippen LogP contribution < -0.4 is 11.2 Å². The summed E-state index contributed by atoms with van der Waals surface area (Å²) in [6, 6.07) is 2.63. The second-order valence-electron chi connectivity index (χ2n) is 5.76. The first kappa shape index (κ1) is 15.1. The van der Waals surface area contributed by atoms with E-state index in [4.69, 9.17) is 9.31 Å². The van der Waals surface area contributed by atoms with Crippen LogP contribution in [0.15, 0.2) is 16.9 Å². The van der Waals surface area contributed by atoms with Crippen LogP contribution in [-0.4, -0.2) is 34.5 Å². The minimum absolute atomic E-state index is 0.309. The minimum atomic E-state index is -2.64. The molecule has 20 heavy (non-hydrogen) atoms. The van der Waals surface area contributed by atoms with Crippen LogP contribution in [0.3, 0.4) is 0 Å². The predicted molar refractivity (Wildman–Crippen MR) is 70.2 cm³/mol. The Morgan fingerprint density at radius 1 is 1.25 bits per heavy atom. The summed E-state index contributed by atoms with van der Waals surface area (Å²) in [4.78, 5) is 11.5.